The highest BCUT2D eigenvalue weighted by Gasteiger charge is 2.26. The van der Waals surface area contributed by atoms with Gasteiger partial charge in [0, 0.05) is 25.5 Å². The van der Waals surface area contributed by atoms with Gasteiger partial charge in [-0.3, -0.25) is 14.4 Å². The van der Waals surface area contributed by atoms with Gasteiger partial charge in [0.05, 0.1) is 25.2 Å². The first kappa shape index (κ1) is 34.5. The van der Waals surface area contributed by atoms with Crippen LogP contribution in [0.2, 0.25) is 0 Å². The quantitative estimate of drug-likeness (QED) is 0.0678. The Hall–Kier alpha value is -2.46. The summed E-state index contributed by atoms with van der Waals surface area (Å²) in [5.74, 6) is -1.45. The molecule has 0 aromatic rings. The number of ether oxygens (including phenoxy) is 5. The van der Waals surface area contributed by atoms with Crippen molar-refractivity contribution in [1.29, 1.82) is 0 Å². The van der Waals surface area contributed by atoms with Crippen LogP contribution in [0, 0.1) is 5.41 Å². The number of hydrogen-bond acceptors (Lipinski definition) is 10. The fraction of sp³-hybridized carbons (Fsp3) is 0.778. The molecule has 0 aromatic heterocycles. The van der Waals surface area contributed by atoms with E-state index in [-0.39, 0.29) is 31.6 Å². The molecule has 0 saturated heterocycles. The lowest BCUT2D eigenvalue weighted by atomic mass is 9.91. The second-order valence-corrected chi connectivity index (χ2v) is 9.31. The molecule has 0 spiro atoms. The highest BCUT2D eigenvalue weighted by molar-refractivity contribution is 5.81. The van der Waals surface area contributed by atoms with E-state index in [0.717, 1.165) is 12.5 Å². The Kier molecular flexibility index (Phi) is 20.2. The Morgan fingerprint density at radius 1 is 0.784 bits per heavy atom. The Balaban J connectivity index is 3.56. The van der Waals surface area contributed by atoms with Gasteiger partial charge in [-0.15, -0.1) is 0 Å². The van der Waals surface area contributed by atoms with Gasteiger partial charge in [-0.25, -0.2) is 4.79 Å². The highest BCUT2D eigenvalue weighted by Crippen LogP contribution is 2.21. The molecule has 0 saturated carbocycles. The van der Waals surface area contributed by atoms with Crippen LogP contribution in [0.5, 0.6) is 0 Å². The van der Waals surface area contributed by atoms with E-state index in [1.165, 1.54) is 0 Å². The van der Waals surface area contributed by atoms with E-state index in [1.807, 2.05) is 20.8 Å². The minimum atomic E-state index is -1.33. The predicted octanol–water partition coefficient (Wildman–Crippen LogP) is 4.02. The number of aliphatic hydroxyl groups excluding tert-OH is 1. The van der Waals surface area contributed by atoms with E-state index in [2.05, 4.69) is 6.58 Å². The average molecular weight is 531 g/mol. The predicted molar refractivity (Wildman–Crippen MR) is 136 cm³/mol. The summed E-state index contributed by atoms with van der Waals surface area (Å²) >= 11 is 0. The molecule has 0 rings (SSSR count). The molecular formula is C27H46O10. The third kappa shape index (κ3) is 20.3. The summed E-state index contributed by atoms with van der Waals surface area (Å²) in [7, 11) is 0. The van der Waals surface area contributed by atoms with Gasteiger partial charge in [0.15, 0.2) is 0 Å². The minimum Gasteiger partial charge on any atom is -0.466 e. The van der Waals surface area contributed by atoms with Crippen LogP contribution in [0.4, 0.5) is 0 Å². The highest BCUT2D eigenvalue weighted by atomic mass is 16.7. The summed E-state index contributed by atoms with van der Waals surface area (Å²) in [4.78, 5) is 46.2. The fourth-order valence-electron chi connectivity index (χ4n) is 2.83. The van der Waals surface area contributed by atoms with Crippen molar-refractivity contribution in [1.82, 2.24) is 0 Å². The molecule has 0 amide bonds. The molecule has 1 atom stereocenters. The third-order valence-electron chi connectivity index (χ3n) is 5.61. The molecule has 0 heterocycles. The van der Waals surface area contributed by atoms with E-state index < -0.39 is 23.6 Å². The lowest BCUT2D eigenvalue weighted by Crippen LogP contribution is -2.26. The van der Waals surface area contributed by atoms with Gasteiger partial charge < -0.3 is 28.8 Å². The first-order valence-corrected chi connectivity index (χ1v) is 13.2. The van der Waals surface area contributed by atoms with Crippen LogP contribution in [0.3, 0.4) is 0 Å². The molecule has 0 radical (unpaired) electrons. The Morgan fingerprint density at radius 3 is 1.95 bits per heavy atom. The van der Waals surface area contributed by atoms with Crippen molar-refractivity contribution in [2.24, 2.45) is 5.41 Å². The summed E-state index contributed by atoms with van der Waals surface area (Å²) in [5, 5.41) is 9.75. The lowest BCUT2D eigenvalue weighted by molar-refractivity contribution is -0.177. The van der Waals surface area contributed by atoms with Crippen molar-refractivity contribution in [3.8, 4) is 0 Å². The first-order valence-electron chi connectivity index (χ1n) is 13.2. The molecule has 37 heavy (non-hydrogen) atoms. The van der Waals surface area contributed by atoms with Crippen LogP contribution in [0.25, 0.3) is 0 Å². The van der Waals surface area contributed by atoms with E-state index in [4.69, 9.17) is 23.7 Å². The van der Waals surface area contributed by atoms with Gasteiger partial charge in [0.2, 0.25) is 6.29 Å². The van der Waals surface area contributed by atoms with Crippen LogP contribution >= 0.6 is 0 Å². The van der Waals surface area contributed by atoms with Crippen molar-refractivity contribution in [3.63, 3.8) is 0 Å². The number of carbonyl (C=O) groups excluding carboxylic acids is 4. The molecule has 0 aliphatic carbocycles. The average Bonchev–Trinajstić information content (AvgIpc) is 2.86. The molecule has 0 bridgehead atoms. The van der Waals surface area contributed by atoms with Crippen LogP contribution < -0.4 is 0 Å². The van der Waals surface area contributed by atoms with Crippen molar-refractivity contribution in [3.05, 3.63) is 12.7 Å². The summed E-state index contributed by atoms with van der Waals surface area (Å²) in [6.45, 7) is 10.1. The first-order chi connectivity index (χ1) is 17.6. The standard InChI is InChI=1S/C27H46O10/c1-5-22(28)34-18-11-7-9-15-23(29)35-19-12-8-10-16-24(30)37-25(31)21-33-17-13-14-20-36-26(32)27(3,4)6-2/h5,25,31H,1,6-21H2,2-4H3. The Morgan fingerprint density at radius 2 is 1.32 bits per heavy atom. The molecule has 0 aromatic carbocycles. The van der Waals surface area contributed by atoms with E-state index >= 15 is 0 Å². The number of carbonyl (C=O) groups is 4. The zero-order valence-electron chi connectivity index (χ0n) is 22.8. The maximum Gasteiger partial charge on any atom is 0.330 e. The van der Waals surface area contributed by atoms with Crippen molar-refractivity contribution in [2.45, 2.75) is 97.7 Å². The van der Waals surface area contributed by atoms with E-state index in [0.29, 0.717) is 77.6 Å². The minimum absolute atomic E-state index is 0.121. The van der Waals surface area contributed by atoms with Gasteiger partial charge in [0.25, 0.3) is 0 Å². The lowest BCUT2D eigenvalue weighted by Gasteiger charge is -2.20. The summed E-state index contributed by atoms with van der Waals surface area (Å²) in [5.41, 5.74) is -0.482. The summed E-state index contributed by atoms with van der Waals surface area (Å²) in [6.07, 6.45) is 6.23. The number of unbranched alkanes of at least 4 members (excludes halogenated alkanes) is 5. The molecule has 1 N–H and O–H groups in total. The largest absolute Gasteiger partial charge is 0.466 e. The smallest absolute Gasteiger partial charge is 0.330 e. The van der Waals surface area contributed by atoms with Crippen LogP contribution in [-0.4, -0.2) is 68.3 Å². The Labute approximate surface area is 221 Å². The van der Waals surface area contributed by atoms with Gasteiger partial charge in [-0.1, -0.05) is 13.5 Å². The Bertz CT molecular complexity index is 674. The van der Waals surface area contributed by atoms with Crippen LogP contribution in [0.1, 0.15) is 91.4 Å². The van der Waals surface area contributed by atoms with Gasteiger partial charge in [-0.2, -0.15) is 0 Å². The second-order valence-electron chi connectivity index (χ2n) is 9.31. The second kappa shape index (κ2) is 21.6. The molecule has 0 aliphatic heterocycles. The van der Waals surface area contributed by atoms with E-state index in [1.54, 1.807) is 0 Å². The number of esters is 4. The van der Waals surface area contributed by atoms with Crippen molar-refractivity contribution in [2.75, 3.05) is 33.0 Å². The fourth-order valence-corrected chi connectivity index (χ4v) is 2.83. The van der Waals surface area contributed by atoms with Crippen LogP contribution in [-0.2, 0) is 42.9 Å². The maximum atomic E-state index is 11.8. The molecular weight excluding hydrogens is 484 g/mol. The SMILES string of the molecule is C=CC(=O)OCCCCCC(=O)OCCCCCC(=O)OC(O)COCCCCOC(=O)C(C)(C)CC. The molecule has 10 nitrogen and oxygen atoms in total. The monoisotopic (exact) mass is 530 g/mol. The van der Waals surface area contributed by atoms with E-state index in [9.17, 15) is 24.3 Å². The van der Waals surface area contributed by atoms with Crippen molar-refractivity contribution < 1.29 is 48.0 Å². The molecule has 0 aliphatic rings. The number of rotatable bonds is 23. The molecule has 214 valence electrons. The summed E-state index contributed by atoms with van der Waals surface area (Å²) < 4.78 is 25.4. The molecule has 10 heteroatoms. The molecule has 1 unspecified atom stereocenters. The maximum absolute atomic E-state index is 11.8. The third-order valence-corrected chi connectivity index (χ3v) is 5.61. The van der Waals surface area contributed by atoms with Crippen LogP contribution in [0.15, 0.2) is 12.7 Å². The zero-order chi connectivity index (χ0) is 27.9. The van der Waals surface area contributed by atoms with Gasteiger partial charge >= 0.3 is 23.9 Å². The summed E-state index contributed by atoms with van der Waals surface area (Å²) in [6, 6.07) is 0. The zero-order valence-corrected chi connectivity index (χ0v) is 22.8. The normalized spacial score (nSPS) is 11.9. The number of hydrogen-bond donors (Lipinski definition) is 1. The molecule has 0 fully saturated rings. The number of aliphatic hydroxyl groups is 1. The van der Waals surface area contributed by atoms with Crippen molar-refractivity contribution >= 4 is 23.9 Å². The van der Waals surface area contributed by atoms with Gasteiger partial charge in [-0.05, 0) is 71.6 Å². The van der Waals surface area contributed by atoms with Gasteiger partial charge in [0.1, 0.15) is 6.61 Å². The topological polar surface area (TPSA) is 135 Å².